The second-order valence-corrected chi connectivity index (χ2v) is 9.43. The molecule has 1 saturated heterocycles. The van der Waals surface area contributed by atoms with Crippen LogP contribution in [0.15, 0.2) is 65.5 Å². The average molecular weight is 500 g/mol. The quantitative estimate of drug-likeness (QED) is 0.375. The number of aromatic amines is 1. The lowest BCUT2D eigenvalue weighted by atomic mass is 9.95. The summed E-state index contributed by atoms with van der Waals surface area (Å²) in [5.74, 6) is -1.15. The highest BCUT2D eigenvalue weighted by Gasteiger charge is 2.54. The van der Waals surface area contributed by atoms with E-state index in [0.29, 0.717) is 40.7 Å². The number of H-pyrrole nitrogens is 1. The number of rotatable bonds is 4. The molecule has 4 aromatic rings. The third-order valence-electron chi connectivity index (χ3n) is 7.32. The van der Waals surface area contributed by atoms with Crippen molar-refractivity contribution < 1.29 is 18.8 Å². The second-order valence-electron chi connectivity index (χ2n) is 9.43. The van der Waals surface area contributed by atoms with Crippen molar-refractivity contribution in [1.29, 1.82) is 0 Å². The Balaban J connectivity index is 1.24. The van der Waals surface area contributed by atoms with Gasteiger partial charge >= 0.3 is 11.7 Å². The number of carbonyl (C=O) groups is 3. The Kier molecular flexibility index (Phi) is 5.01. The molecule has 0 radical (unpaired) electrons. The van der Waals surface area contributed by atoms with Crippen LogP contribution in [0, 0.1) is 5.82 Å². The Morgan fingerprint density at radius 2 is 1.76 bits per heavy atom. The minimum absolute atomic E-state index is 0.250. The summed E-state index contributed by atoms with van der Waals surface area (Å²) in [4.78, 5) is 54.3. The van der Waals surface area contributed by atoms with Crippen LogP contribution in [0.2, 0.25) is 0 Å². The van der Waals surface area contributed by atoms with Crippen molar-refractivity contribution in [3.05, 3.63) is 88.1 Å². The maximum Gasteiger partial charge on any atom is 0.326 e. The number of imide groups is 1. The lowest BCUT2D eigenvalue weighted by molar-refractivity contribution is -0.125. The highest BCUT2D eigenvalue weighted by atomic mass is 19.1. The van der Waals surface area contributed by atoms with E-state index >= 15 is 0 Å². The van der Waals surface area contributed by atoms with Crippen LogP contribution in [-0.4, -0.2) is 44.9 Å². The first-order valence-electron chi connectivity index (χ1n) is 11.7. The molecule has 2 heterocycles. The van der Waals surface area contributed by atoms with E-state index in [2.05, 4.69) is 15.6 Å². The van der Waals surface area contributed by atoms with Crippen LogP contribution in [-0.2, 0) is 29.0 Å². The van der Waals surface area contributed by atoms with Crippen molar-refractivity contribution in [2.24, 2.45) is 0 Å². The summed E-state index contributed by atoms with van der Waals surface area (Å²) in [6.07, 6.45) is 0.751. The van der Waals surface area contributed by atoms with Gasteiger partial charge in [0.25, 0.3) is 5.91 Å². The summed E-state index contributed by atoms with van der Waals surface area (Å²) >= 11 is 0. The maximum absolute atomic E-state index is 14.4. The van der Waals surface area contributed by atoms with E-state index in [9.17, 15) is 23.6 Å². The van der Waals surface area contributed by atoms with E-state index in [0.717, 1.165) is 11.1 Å². The van der Waals surface area contributed by atoms with E-state index in [4.69, 9.17) is 0 Å². The number of hydrogen-bond acceptors (Lipinski definition) is 4. The third-order valence-corrected chi connectivity index (χ3v) is 7.32. The van der Waals surface area contributed by atoms with E-state index in [1.165, 1.54) is 15.5 Å². The molecule has 1 spiro atoms. The van der Waals surface area contributed by atoms with Gasteiger partial charge < -0.3 is 15.2 Å². The zero-order chi connectivity index (χ0) is 25.9. The van der Waals surface area contributed by atoms with Crippen LogP contribution in [0.3, 0.4) is 0 Å². The smallest absolute Gasteiger partial charge is 0.325 e. The second kappa shape index (κ2) is 8.16. The van der Waals surface area contributed by atoms with Gasteiger partial charge in [0, 0.05) is 36.7 Å². The lowest BCUT2D eigenvalue weighted by Crippen LogP contribution is -2.48. The number of hydrogen-bond donors (Lipinski definition) is 3. The SMILES string of the molecule is CN1C(=O)NC(=O)C12Cc1ccc(NC(=O)Cn3c(=O)[nH]c4c(-c5ccccc5F)cccc43)cc1C2. The van der Waals surface area contributed by atoms with Crippen molar-refractivity contribution >= 4 is 34.6 Å². The molecule has 37 heavy (non-hydrogen) atoms. The van der Waals surface area contributed by atoms with Crippen LogP contribution in [0.4, 0.5) is 14.9 Å². The molecule has 1 aromatic heterocycles. The molecule has 1 fully saturated rings. The Labute approximate surface area is 209 Å². The number of anilines is 1. The number of carbonyl (C=O) groups excluding carboxylic acids is 3. The fourth-order valence-corrected chi connectivity index (χ4v) is 5.36. The Morgan fingerprint density at radius 3 is 2.51 bits per heavy atom. The number of nitrogens with one attached hydrogen (secondary N) is 3. The van der Waals surface area contributed by atoms with Crippen molar-refractivity contribution in [1.82, 2.24) is 19.8 Å². The number of likely N-dealkylation sites (N-methyl/N-ethyl adjacent to an activating group) is 1. The molecule has 3 N–H and O–H groups in total. The molecule has 1 atom stereocenters. The zero-order valence-corrected chi connectivity index (χ0v) is 19.8. The maximum atomic E-state index is 14.4. The van der Waals surface area contributed by atoms with Gasteiger partial charge in [0.05, 0.1) is 11.0 Å². The molecule has 4 amide bonds. The van der Waals surface area contributed by atoms with Gasteiger partial charge in [0.2, 0.25) is 5.91 Å². The number of imidazole rings is 1. The van der Waals surface area contributed by atoms with Gasteiger partial charge in [-0.05, 0) is 35.4 Å². The van der Waals surface area contributed by atoms with E-state index in [1.54, 1.807) is 55.6 Å². The molecule has 3 aromatic carbocycles. The molecule has 0 bridgehead atoms. The van der Waals surface area contributed by atoms with Crippen LogP contribution < -0.4 is 16.3 Å². The van der Waals surface area contributed by atoms with Gasteiger partial charge in [-0.15, -0.1) is 0 Å². The molecule has 6 rings (SSSR count). The summed E-state index contributed by atoms with van der Waals surface area (Å²) in [6.45, 7) is -0.250. The zero-order valence-electron chi connectivity index (χ0n) is 19.8. The minimum Gasteiger partial charge on any atom is -0.325 e. The molecule has 0 saturated carbocycles. The minimum atomic E-state index is -0.949. The largest absolute Gasteiger partial charge is 0.326 e. The van der Waals surface area contributed by atoms with Gasteiger partial charge in [-0.2, -0.15) is 0 Å². The Morgan fingerprint density at radius 1 is 1.00 bits per heavy atom. The predicted molar refractivity (Wildman–Crippen MR) is 134 cm³/mol. The number of nitrogens with zero attached hydrogens (tertiary/aromatic N) is 2. The van der Waals surface area contributed by atoms with Gasteiger partial charge in [-0.25, -0.2) is 14.0 Å². The molecular formula is C27H22FN5O4. The van der Waals surface area contributed by atoms with Crippen molar-refractivity contribution in [3.8, 4) is 11.1 Å². The normalized spacial score (nSPS) is 18.5. The van der Waals surface area contributed by atoms with Crippen molar-refractivity contribution in [3.63, 3.8) is 0 Å². The average Bonchev–Trinajstić information content (AvgIpc) is 3.47. The van der Waals surface area contributed by atoms with Gasteiger partial charge in [-0.3, -0.25) is 19.5 Å². The van der Waals surface area contributed by atoms with Crippen LogP contribution >= 0.6 is 0 Å². The third kappa shape index (κ3) is 3.52. The van der Waals surface area contributed by atoms with E-state index < -0.39 is 29.0 Å². The molecule has 186 valence electrons. The summed E-state index contributed by atoms with van der Waals surface area (Å²) in [6, 6.07) is 16.4. The molecule has 9 nitrogen and oxygen atoms in total. The number of amides is 4. The number of halogens is 1. The molecule has 1 aliphatic carbocycles. The summed E-state index contributed by atoms with van der Waals surface area (Å²) in [5, 5.41) is 5.18. The first-order valence-corrected chi connectivity index (χ1v) is 11.7. The molecule has 1 unspecified atom stereocenters. The summed E-state index contributed by atoms with van der Waals surface area (Å²) in [5.41, 5.74) is 2.70. The van der Waals surface area contributed by atoms with E-state index in [1.807, 2.05) is 6.07 Å². The van der Waals surface area contributed by atoms with Gasteiger partial charge in [0.1, 0.15) is 17.9 Å². The van der Waals surface area contributed by atoms with Crippen LogP contribution in [0.5, 0.6) is 0 Å². The number of para-hydroxylation sites is 1. The van der Waals surface area contributed by atoms with Gasteiger partial charge in [0.15, 0.2) is 0 Å². The molecular weight excluding hydrogens is 477 g/mol. The van der Waals surface area contributed by atoms with E-state index in [-0.39, 0.29) is 12.5 Å². The standard InChI is InChI=1S/C27H22FN5O4/c1-32-25(36)31-24(35)27(32)12-15-9-10-17(11-16(15)13-27)29-22(34)14-33-21-8-4-6-19(23(21)30-26(33)37)18-5-2-3-7-20(18)28/h2-11H,12-14H2,1H3,(H,29,34)(H,30,37)(H,31,35,36). The Bertz CT molecular complexity index is 1690. The number of aromatic nitrogens is 2. The molecule has 1 aliphatic heterocycles. The number of fused-ring (bicyclic) bond motifs is 2. The van der Waals surface area contributed by atoms with Crippen LogP contribution in [0.25, 0.3) is 22.2 Å². The van der Waals surface area contributed by atoms with Crippen molar-refractivity contribution in [2.75, 3.05) is 12.4 Å². The molecule has 10 heteroatoms. The molecule has 2 aliphatic rings. The topological polar surface area (TPSA) is 116 Å². The highest BCUT2D eigenvalue weighted by molar-refractivity contribution is 6.07. The fraction of sp³-hybridized carbons (Fsp3) is 0.185. The Hall–Kier alpha value is -4.73. The summed E-state index contributed by atoms with van der Waals surface area (Å²) in [7, 11) is 1.60. The predicted octanol–water partition coefficient (Wildman–Crippen LogP) is 2.79. The number of benzene rings is 3. The first kappa shape index (κ1) is 22.7. The lowest BCUT2D eigenvalue weighted by Gasteiger charge is -2.27. The fourth-order valence-electron chi connectivity index (χ4n) is 5.36. The summed E-state index contributed by atoms with van der Waals surface area (Å²) < 4.78 is 15.7. The highest BCUT2D eigenvalue weighted by Crippen LogP contribution is 2.38. The first-order chi connectivity index (χ1) is 17.8. The van der Waals surface area contributed by atoms with Crippen molar-refractivity contribution in [2.45, 2.75) is 24.9 Å². The monoisotopic (exact) mass is 499 g/mol. The number of urea groups is 1. The van der Waals surface area contributed by atoms with Crippen LogP contribution in [0.1, 0.15) is 11.1 Å². The van der Waals surface area contributed by atoms with Gasteiger partial charge in [-0.1, -0.05) is 36.4 Å².